The molecule has 3 rings (SSSR count). The van der Waals surface area contributed by atoms with Gasteiger partial charge in [-0.1, -0.05) is 30.3 Å². The summed E-state index contributed by atoms with van der Waals surface area (Å²) in [6.07, 6.45) is 2.52. The fraction of sp³-hybridized carbons (Fsp3) is 0.364. The molecule has 1 heterocycles. The van der Waals surface area contributed by atoms with Gasteiger partial charge in [0.2, 0.25) is 0 Å². The molecule has 0 aromatic heterocycles. The van der Waals surface area contributed by atoms with E-state index in [1.54, 1.807) is 23.1 Å². The molecule has 0 N–H and O–H groups in total. The van der Waals surface area contributed by atoms with Crippen molar-refractivity contribution in [1.29, 1.82) is 5.26 Å². The molecule has 0 aliphatic carbocycles. The third-order valence-corrected chi connectivity index (χ3v) is 5.24. The Hall–Kier alpha value is -2.36. The molecule has 5 nitrogen and oxygen atoms in total. The lowest BCUT2D eigenvalue weighted by atomic mass is 10.1. The van der Waals surface area contributed by atoms with E-state index >= 15 is 0 Å². The van der Waals surface area contributed by atoms with Gasteiger partial charge in [-0.2, -0.15) is 5.26 Å². The summed E-state index contributed by atoms with van der Waals surface area (Å²) in [5.41, 5.74) is 1.59. The minimum atomic E-state index is -0.106. The Kier molecular flexibility index (Phi) is 7.46. The van der Waals surface area contributed by atoms with Gasteiger partial charge in [0.15, 0.2) is 0 Å². The lowest BCUT2D eigenvalue weighted by molar-refractivity contribution is 0.0676. The predicted molar refractivity (Wildman–Crippen MR) is 110 cm³/mol. The fourth-order valence-electron chi connectivity index (χ4n) is 3.13. The van der Waals surface area contributed by atoms with Crippen LogP contribution in [0.15, 0.2) is 53.0 Å². The summed E-state index contributed by atoms with van der Waals surface area (Å²) >= 11 is 3.50. The highest BCUT2D eigenvalue weighted by Gasteiger charge is 2.19. The number of carbonyl (C=O) groups excluding carboxylic acids is 1. The van der Waals surface area contributed by atoms with Crippen LogP contribution >= 0.6 is 15.9 Å². The normalized spacial score (nSPS) is 15.8. The van der Waals surface area contributed by atoms with Gasteiger partial charge in [0, 0.05) is 25.3 Å². The maximum Gasteiger partial charge on any atom is 0.254 e. The lowest BCUT2D eigenvalue weighted by Gasteiger charge is -2.22. The molecule has 1 atom stereocenters. The SMILES string of the molecule is N#CCCN(Cc1ccccc1)C(=O)c1ccc(OCC2CCCO2)c(Br)c1. The topological polar surface area (TPSA) is 62.6 Å². The first-order valence-electron chi connectivity index (χ1n) is 9.41. The Balaban J connectivity index is 1.69. The molecule has 0 spiro atoms. The van der Waals surface area contributed by atoms with Crippen molar-refractivity contribution in [2.75, 3.05) is 19.8 Å². The van der Waals surface area contributed by atoms with Gasteiger partial charge in [-0.15, -0.1) is 0 Å². The second-order valence-electron chi connectivity index (χ2n) is 6.71. The van der Waals surface area contributed by atoms with Crippen LogP contribution in [0.25, 0.3) is 0 Å². The van der Waals surface area contributed by atoms with Crippen LogP contribution in [-0.2, 0) is 11.3 Å². The Morgan fingerprint density at radius 1 is 1.29 bits per heavy atom. The average molecular weight is 443 g/mol. The van der Waals surface area contributed by atoms with Crippen molar-refractivity contribution >= 4 is 21.8 Å². The zero-order valence-electron chi connectivity index (χ0n) is 15.6. The Labute approximate surface area is 174 Å². The van der Waals surface area contributed by atoms with Gasteiger partial charge >= 0.3 is 0 Å². The highest BCUT2D eigenvalue weighted by Crippen LogP contribution is 2.28. The first kappa shape index (κ1) is 20.4. The number of nitriles is 1. The molecule has 0 bridgehead atoms. The predicted octanol–water partition coefficient (Wildman–Crippen LogP) is 4.56. The van der Waals surface area contributed by atoms with Crippen molar-refractivity contribution < 1.29 is 14.3 Å². The molecule has 1 fully saturated rings. The van der Waals surface area contributed by atoms with Crippen molar-refractivity contribution in [2.45, 2.75) is 31.9 Å². The Bertz CT molecular complexity index is 829. The van der Waals surface area contributed by atoms with Crippen molar-refractivity contribution in [3.8, 4) is 11.8 Å². The summed E-state index contributed by atoms with van der Waals surface area (Å²) in [7, 11) is 0. The Morgan fingerprint density at radius 2 is 2.11 bits per heavy atom. The van der Waals surface area contributed by atoms with Gasteiger partial charge in [-0.25, -0.2) is 0 Å². The van der Waals surface area contributed by atoms with Crippen LogP contribution in [0.3, 0.4) is 0 Å². The van der Waals surface area contributed by atoms with E-state index in [2.05, 4.69) is 22.0 Å². The van der Waals surface area contributed by atoms with Crippen molar-refractivity contribution in [1.82, 2.24) is 4.90 Å². The summed E-state index contributed by atoms with van der Waals surface area (Å²) < 4.78 is 12.1. The number of rotatable bonds is 8. The molecule has 1 unspecified atom stereocenters. The van der Waals surface area contributed by atoms with Gasteiger partial charge in [0.05, 0.1) is 23.1 Å². The van der Waals surface area contributed by atoms with Crippen LogP contribution in [0.4, 0.5) is 0 Å². The molecular formula is C22H23BrN2O3. The maximum absolute atomic E-state index is 13.0. The molecule has 1 saturated heterocycles. The van der Waals surface area contributed by atoms with Gasteiger partial charge < -0.3 is 14.4 Å². The van der Waals surface area contributed by atoms with E-state index in [0.29, 0.717) is 37.4 Å². The van der Waals surface area contributed by atoms with E-state index in [4.69, 9.17) is 14.7 Å². The lowest BCUT2D eigenvalue weighted by Crippen LogP contribution is -2.31. The van der Waals surface area contributed by atoms with Crippen LogP contribution in [0.2, 0.25) is 0 Å². The van der Waals surface area contributed by atoms with E-state index in [1.807, 2.05) is 30.3 Å². The molecule has 6 heteroatoms. The molecule has 1 amide bonds. The van der Waals surface area contributed by atoms with Gasteiger partial charge in [-0.3, -0.25) is 4.79 Å². The van der Waals surface area contributed by atoms with Crippen LogP contribution in [-0.4, -0.2) is 36.7 Å². The van der Waals surface area contributed by atoms with Crippen LogP contribution in [0.1, 0.15) is 35.2 Å². The quantitative estimate of drug-likeness (QED) is 0.600. The summed E-state index contributed by atoms with van der Waals surface area (Å²) in [5.74, 6) is 0.587. The number of carbonyl (C=O) groups is 1. The monoisotopic (exact) mass is 442 g/mol. The standard InChI is InChI=1S/C22H23BrN2O3/c23-20-14-18(9-10-21(20)28-16-19-8-4-13-27-19)22(26)25(12-5-11-24)15-17-6-2-1-3-7-17/h1-3,6-7,9-10,14,19H,4-5,8,12-13,15-16H2. The molecule has 2 aromatic carbocycles. The average Bonchev–Trinajstić information content (AvgIpc) is 3.24. The van der Waals surface area contributed by atoms with E-state index in [9.17, 15) is 4.79 Å². The molecule has 2 aromatic rings. The van der Waals surface area contributed by atoms with E-state index in [-0.39, 0.29) is 12.0 Å². The summed E-state index contributed by atoms with van der Waals surface area (Å²) in [6.45, 7) is 2.16. The fourth-order valence-corrected chi connectivity index (χ4v) is 3.63. The maximum atomic E-state index is 13.0. The number of hydrogen-bond acceptors (Lipinski definition) is 4. The largest absolute Gasteiger partial charge is 0.490 e. The molecule has 146 valence electrons. The molecule has 0 radical (unpaired) electrons. The molecule has 1 aliphatic rings. The highest BCUT2D eigenvalue weighted by molar-refractivity contribution is 9.10. The van der Waals surface area contributed by atoms with Crippen molar-refractivity contribution in [3.63, 3.8) is 0 Å². The van der Waals surface area contributed by atoms with Crippen LogP contribution in [0.5, 0.6) is 5.75 Å². The smallest absolute Gasteiger partial charge is 0.254 e. The third-order valence-electron chi connectivity index (χ3n) is 4.62. The van der Waals surface area contributed by atoms with E-state index < -0.39 is 0 Å². The zero-order valence-corrected chi connectivity index (χ0v) is 17.2. The minimum absolute atomic E-state index is 0.106. The zero-order chi connectivity index (χ0) is 19.8. The number of amides is 1. The van der Waals surface area contributed by atoms with Gasteiger partial charge in [0.25, 0.3) is 5.91 Å². The van der Waals surface area contributed by atoms with Crippen LogP contribution in [0, 0.1) is 11.3 Å². The summed E-state index contributed by atoms with van der Waals surface area (Å²) in [6, 6.07) is 17.2. The van der Waals surface area contributed by atoms with E-state index in [0.717, 1.165) is 29.5 Å². The molecule has 0 saturated carbocycles. The molecule has 28 heavy (non-hydrogen) atoms. The number of halogens is 1. The number of hydrogen-bond donors (Lipinski definition) is 0. The summed E-state index contributed by atoms with van der Waals surface area (Å²) in [5, 5.41) is 8.94. The van der Waals surface area contributed by atoms with Crippen molar-refractivity contribution in [2.24, 2.45) is 0 Å². The Morgan fingerprint density at radius 3 is 2.79 bits per heavy atom. The number of benzene rings is 2. The first-order chi connectivity index (χ1) is 13.7. The van der Waals surface area contributed by atoms with Crippen LogP contribution < -0.4 is 4.74 Å². The minimum Gasteiger partial charge on any atom is -0.490 e. The third kappa shape index (κ3) is 5.57. The second-order valence-corrected chi connectivity index (χ2v) is 7.57. The summed E-state index contributed by atoms with van der Waals surface area (Å²) in [4.78, 5) is 14.7. The second kappa shape index (κ2) is 10.3. The van der Waals surface area contributed by atoms with Gasteiger partial charge in [0.1, 0.15) is 12.4 Å². The van der Waals surface area contributed by atoms with E-state index in [1.165, 1.54) is 0 Å². The molecule has 1 aliphatic heterocycles. The molecular weight excluding hydrogens is 420 g/mol. The highest BCUT2D eigenvalue weighted by atomic mass is 79.9. The number of ether oxygens (including phenoxy) is 2. The number of nitrogens with zero attached hydrogens (tertiary/aromatic N) is 2. The van der Waals surface area contributed by atoms with Gasteiger partial charge in [-0.05, 0) is 52.5 Å². The van der Waals surface area contributed by atoms with Crippen molar-refractivity contribution in [3.05, 3.63) is 64.1 Å². The first-order valence-corrected chi connectivity index (χ1v) is 10.2.